The maximum absolute atomic E-state index is 12.2. The molecule has 26 heavy (non-hydrogen) atoms. The third-order valence-electron chi connectivity index (χ3n) is 3.86. The molecule has 144 valence electrons. The zero-order valence-electron chi connectivity index (χ0n) is 14.6. The Bertz CT molecular complexity index is 784. The molecule has 1 aromatic carbocycles. The van der Waals surface area contributed by atoms with Gasteiger partial charge in [0.25, 0.3) is 0 Å². The number of halogens is 1. The Morgan fingerprint density at radius 2 is 2.00 bits per heavy atom. The first-order valence-corrected chi connectivity index (χ1v) is 10.2. The molecule has 0 radical (unpaired) electrons. The van der Waals surface area contributed by atoms with E-state index in [9.17, 15) is 18.0 Å². The molecular weight excluding hydrogens is 382 g/mol. The molecule has 1 aliphatic rings. The predicted molar refractivity (Wildman–Crippen MR) is 99.3 cm³/mol. The summed E-state index contributed by atoms with van der Waals surface area (Å²) < 4.78 is 28.0. The lowest BCUT2D eigenvalue weighted by Gasteiger charge is -2.18. The second kappa shape index (κ2) is 8.70. The highest BCUT2D eigenvalue weighted by molar-refractivity contribution is 7.91. The largest absolute Gasteiger partial charge is 0.495 e. The van der Waals surface area contributed by atoms with Gasteiger partial charge in [-0.15, -0.1) is 0 Å². The number of nitrogens with one attached hydrogen (secondary N) is 2. The summed E-state index contributed by atoms with van der Waals surface area (Å²) in [4.78, 5) is 25.7. The summed E-state index contributed by atoms with van der Waals surface area (Å²) in [5.74, 6) is -0.104. The summed E-state index contributed by atoms with van der Waals surface area (Å²) >= 11 is 5.92. The standard InChI is InChI=1S/C16H22ClN3O5S/c1-20(8-15(21)18-12-5-6-26(23,24)10-12)9-16(22)19-13-7-11(17)3-4-14(13)25-2/h3-4,7,12H,5-6,8-10H2,1-2H3,(H,18,21)(H,19,22)/t12-/m0/s1. The normalized spacial score (nSPS) is 18.5. The minimum absolute atomic E-state index is 0.0172. The molecule has 0 bridgehead atoms. The van der Waals surface area contributed by atoms with E-state index >= 15 is 0 Å². The molecule has 1 atom stereocenters. The van der Waals surface area contributed by atoms with Gasteiger partial charge in [-0.2, -0.15) is 0 Å². The van der Waals surface area contributed by atoms with Crippen LogP contribution in [0.2, 0.25) is 5.02 Å². The molecule has 1 saturated heterocycles. The van der Waals surface area contributed by atoms with E-state index in [1.807, 2.05) is 0 Å². The molecular formula is C16H22ClN3O5S. The highest BCUT2D eigenvalue weighted by Crippen LogP contribution is 2.27. The third-order valence-corrected chi connectivity index (χ3v) is 5.86. The Morgan fingerprint density at radius 3 is 2.62 bits per heavy atom. The zero-order valence-corrected chi connectivity index (χ0v) is 16.2. The fraction of sp³-hybridized carbons (Fsp3) is 0.500. The van der Waals surface area contributed by atoms with Crippen molar-refractivity contribution in [2.24, 2.45) is 0 Å². The number of likely N-dealkylation sites (N-methyl/N-ethyl adjacent to an activating group) is 1. The van der Waals surface area contributed by atoms with E-state index < -0.39 is 9.84 Å². The number of sulfone groups is 1. The quantitative estimate of drug-likeness (QED) is 0.687. The molecule has 1 aliphatic heterocycles. The van der Waals surface area contributed by atoms with Gasteiger partial charge in [0, 0.05) is 11.1 Å². The minimum atomic E-state index is -3.05. The number of benzene rings is 1. The molecule has 0 aromatic heterocycles. The topological polar surface area (TPSA) is 105 Å². The molecule has 2 rings (SSSR count). The van der Waals surface area contributed by atoms with Crippen molar-refractivity contribution in [3.05, 3.63) is 23.2 Å². The van der Waals surface area contributed by atoms with Gasteiger partial charge in [-0.25, -0.2) is 8.42 Å². The molecule has 0 unspecified atom stereocenters. The van der Waals surface area contributed by atoms with Crippen LogP contribution in [0.15, 0.2) is 18.2 Å². The van der Waals surface area contributed by atoms with Crippen LogP contribution in [0.4, 0.5) is 5.69 Å². The number of methoxy groups -OCH3 is 1. The van der Waals surface area contributed by atoms with E-state index in [4.69, 9.17) is 16.3 Å². The average molecular weight is 404 g/mol. The summed E-state index contributed by atoms with van der Waals surface area (Å²) in [6, 6.07) is 4.51. The van der Waals surface area contributed by atoms with E-state index in [-0.39, 0.29) is 42.5 Å². The number of hydrogen-bond acceptors (Lipinski definition) is 6. The molecule has 0 aliphatic carbocycles. The summed E-state index contributed by atoms with van der Waals surface area (Å²) in [7, 11) is 0.0610. The van der Waals surface area contributed by atoms with Crippen LogP contribution in [0.3, 0.4) is 0 Å². The SMILES string of the molecule is COc1ccc(Cl)cc1NC(=O)CN(C)CC(=O)N[C@H]1CCS(=O)(=O)C1. The van der Waals surface area contributed by atoms with Gasteiger partial charge in [0.05, 0.1) is 37.4 Å². The monoisotopic (exact) mass is 403 g/mol. The van der Waals surface area contributed by atoms with Crippen molar-refractivity contribution in [3.63, 3.8) is 0 Å². The molecule has 0 spiro atoms. The van der Waals surface area contributed by atoms with Crippen LogP contribution in [0.1, 0.15) is 6.42 Å². The van der Waals surface area contributed by atoms with E-state index in [0.29, 0.717) is 22.9 Å². The van der Waals surface area contributed by atoms with Gasteiger partial charge in [-0.05, 0) is 31.7 Å². The Labute approximate surface area is 157 Å². The smallest absolute Gasteiger partial charge is 0.238 e. The summed E-state index contributed by atoms with van der Waals surface area (Å²) in [5, 5.41) is 5.83. The molecule has 2 amide bonds. The Hall–Kier alpha value is -1.84. The first-order chi connectivity index (χ1) is 12.2. The van der Waals surface area contributed by atoms with Gasteiger partial charge in [0.15, 0.2) is 9.84 Å². The van der Waals surface area contributed by atoms with Crippen LogP contribution in [0, 0.1) is 0 Å². The zero-order chi connectivity index (χ0) is 19.3. The van der Waals surface area contributed by atoms with Crippen LogP contribution in [-0.4, -0.2) is 69.9 Å². The summed E-state index contributed by atoms with van der Waals surface area (Å²) in [5.41, 5.74) is 0.444. The number of rotatable bonds is 7. The van der Waals surface area contributed by atoms with Crippen molar-refractivity contribution in [1.82, 2.24) is 10.2 Å². The van der Waals surface area contributed by atoms with Crippen LogP contribution in [0.5, 0.6) is 5.75 Å². The van der Waals surface area contributed by atoms with Crippen LogP contribution >= 0.6 is 11.6 Å². The maximum atomic E-state index is 12.2. The highest BCUT2D eigenvalue weighted by Gasteiger charge is 2.29. The van der Waals surface area contributed by atoms with Gasteiger partial charge in [-0.1, -0.05) is 11.6 Å². The van der Waals surface area contributed by atoms with Crippen molar-refractivity contribution < 1.29 is 22.7 Å². The Balaban J connectivity index is 1.82. The Morgan fingerprint density at radius 1 is 1.31 bits per heavy atom. The fourth-order valence-electron chi connectivity index (χ4n) is 2.70. The number of carbonyl (C=O) groups excluding carboxylic acids is 2. The number of nitrogens with zero attached hydrogens (tertiary/aromatic N) is 1. The van der Waals surface area contributed by atoms with E-state index in [1.165, 1.54) is 12.0 Å². The first-order valence-electron chi connectivity index (χ1n) is 8.00. The van der Waals surface area contributed by atoms with Crippen LogP contribution < -0.4 is 15.4 Å². The first kappa shape index (κ1) is 20.5. The molecule has 1 heterocycles. The van der Waals surface area contributed by atoms with E-state index in [2.05, 4.69) is 10.6 Å². The summed E-state index contributed by atoms with van der Waals surface area (Å²) in [6.45, 7) is -0.0390. The van der Waals surface area contributed by atoms with Gasteiger partial charge >= 0.3 is 0 Å². The number of anilines is 1. The predicted octanol–water partition coefficient (Wildman–Crippen LogP) is 0.522. The second-order valence-corrected chi connectivity index (χ2v) is 8.90. The highest BCUT2D eigenvalue weighted by atomic mass is 35.5. The van der Waals surface area contributed by atoms with E-state index in [0.717, 1.165) is 0 Å². The van der Waals surface area contributed by atoms with Crippen LogP contribution in [-0.2, 0) is 19.4 Å². The van der Waals surface area contributed by atoms with Crippen molar-refractivity contribution in [2.45, 2.75) is 12.5 Å². The van der Waals surface area contributed by atoms with Crippen molar-refractivity contribution in [2.75, 3.05) is 44.1 Å². The number of carbonyl (C=O) groups is 2. The van der Waals surface area contributed by atoms with Crippen molar-refractivity contribution in [3.8, 4) is 5.75 Å². The third kappa shape index (κ3) is 6.15. The molecule has 1 aromatic rings. The fourth-order valence-corrected chi connectivity index (χ4v) is 4.54. The lowest BCUT2D eigenvalue weighted by molar-refractivity contribution is -0.123. The van der Waals surface area contributed by atoms with Crippen molar-refractivity contribution in [1.29, 1.82) is 0 Å². The number of amides is 2. The minimum Gasteiger partial charge on any atom is -0.495 e. The molecule has 1 fully saturated rings. The molecule has 0 saturated carbocycles. The molecule has 10 heteroatoms. The van der Waals surface area contributed by atoms with Gasteiger partial charge in [-0.3, -0.25) is 14.5 Å². The van der Waals surface area contributed by atoms with Gasteiger partial charge < -0.3 is 15.4 Å². The van der Waals surface area contributed by atoms with Crippen molar-refractivity contribution >= 4 is 38.9 Å². The van der Waals surface area contributed by atoms with Gasteiger partial charge in [0.2, 0.25) is 11.8 Å². The average Bonchev–Trinajstić information content (AvgIpc) is 2.85. The lowest BCUT2D eigenvalue weighted by atomic mass is 10.2. The number of ether oxygens (including phenoxy) is 1. The number of hydrogen-bond donors (Lipinski definition) is 2. The van der Waals surface area contributed by atoms with E-state index in [1.54, 1.807) is 25.2 Å². The second-order valence-electron chi connectivity index (χ2n) is 6.23. The van der Waals surface area contributed by atoms with Crippen LogP contribution in [0.25, 0.3) is 0 Å². The molecule has 8 nitrogen and oxygen atoms in total. The lowest BCUT2D eigenvalue weighted by Crippen LogP contribution is -2.43. The maximum Gasteiger partial charge on any atom is 0.238 e. The summed E-state index contributed by atoms with van der Waals surface area (Å²) in [6.07, 6.45) is 0.423. The molecule has 2 N–H and O–H groups in total. The van der Waals surface area contributed by atoms with Gasteiger partial charge in [0.1, 0.15) is 5.75 Å². The Kier molecular flexibility index (Phi) is 6.85.